The summed E-state index contributed by atoms with van der Waals surface area (Å²) in [5, 5.41) is 7.11. The lowest BCUT2D eigenvalue weighted by atomic mass is 10.2. The van der Waals surface area contributed by atoms with E-state index in [4.69, 9.17) is 0 Å². The fraction of sp³-hybridized carbons (Fsp3) is 0.682. The summed E-state index contributed by atoms with van der Waals surface area (Å²) in [6, 6.07) is 9.29. The molecule has 0 radical (unpaired) electrons. The van der Waals surface area contributed by atoms with Gasteiger partial charge in [-0.05, 0) is 65.0 Å². The number of hydrogen-bond acceptors (Lipinski definition) is 4. The lowest BCUT2D eigenvalue weighted by Crippen LogP contribution is -2.45. The smallest absolute Gasteiger partial charge is 0.191 e. The maximum absolute atomic E-state index is 4.43. The Kier molecular flexibility index (Phi) is 10.5. The summed E-state index contributed by atoms with van der Waals surface area (Å²) in [6.07, 6.45) is 3.59. The number of hydrogen-bond donors (Lipinski definition) is 2. The predicted molar refractivity (Wildman–Crippen MR) is 135 cm³/mol. The molecule has 1 aromatic carbocycles. The fourth-order valence-corrected chi connectivity index (χ4v) is 4.09. The van der Waals surface area contributed by atoms with Crippen LogP contribution in [0.3, 0.4) is 0 Å². The molecule has 1 aromatic rings. The summed E-state index contributed by atoms with van der Waals surface area (Å²) in [4.78, 5) is 11.9. The molecule has 29 heavy (non-hydrogen) atoms. The van der Waals surface area contributed by atoms with Crippen LogP contribution in [0.15, 0.2) is 29.3 Å². The van der Waals surface area contributed by atoms with Crippen molar-refractivity contribution in [1.29, 1.82) is 0 Å². The SMILES string of the molecule is CN=C(NCCCN1CCCN(C)CC1)NC1CCN(c2ccc(C)cc2)C1.I. The van der Waals surface area contributed by atoms with Crippen molar-refractivity contribution in [3.8, 4) is 0 Å². The molecule has 0 spiro atoms. The largest absolute Gasteiger partial charge is 0.369 e. The molecule has 2 saturated heterocycles. The number of nitrogens with zero attached hydrogens (tertiary/aromatic N) is 4. The van der Waals surface area contributed by atoms with E-state index in [1.807, 2.05) is 7.05 Å². The van der Waals surface area contributed by atoms with Crippen LogP contribution in [-0.4, -0.2) is 88.3 Å². The van der Waals surface area contributed by atoms with Crippen LogP contribution >= 0.6 is 24.0 Å². The lowest BCUT2D eigenvalue weighted by molar-refractivity contribution is 0.274. The summed E-state index contributed by atoms with van der Waals surface area (Å²) >= 11 is 0. The second kappa shape index (κ2) is 12.6. The summed E-state index contributed by atoms with van der Waals surface area (Å²) in [5.74, 6) is 0.936. The maximum atomic E-state index is 4.43. The second-order valence-corrected chi connectivity index (χ2v) is 8.26. The zero-order chi connectivity index (χ0) is 19.8. The molecular formula is C22H39IN6. The molecule has 6 nitrogen and oxygen atoms in total. The van der Waals surface area contributed by atoms with Crippen molar-refractivity contribution in [3.63, 3.8) is 0 Å². The first-order chi connectivity index (χ1) is 13.6. The normalized spacial score (nSPS) is 21.6. The van der Waals surface area contributed by atoms with Gasteiger partial charge in [-0.1, -0.05) is 17.7 Å². The van der Waals surface area contributed by atoms with Gasteiger partial charge in [0.1, 0.15) is 0 Å². The van der Waals surface area contributed by atoms with Gasteiger partial charge in [0.15, 0.2) is 5.96 Å². The zero-order valence-electron chi connectivity index (χ0n) is 18.4. The van der Waals surface area contributed by atoms with Crippen molar-refractivity contribution in [2.75, 3.05) is 71.4 Å². The van der Waals surface area contributed by atoms with Crippen LogP contribution in [0, 0.1) is 6.92 Å². The first-order valence-electron chi connectivity index (χ1n) is 10.8. The molecule has 2 aliphatic heterocycles. The van der Waals surface area contributed by atoms with Crippen molar-refractivity contribution in [3.05, 3.63) is 29.8 Å². The van der Waals surface area contributed by atoms with Crippen LogP contribution in [0.2, 0.25) is 0 Å². The standard InChI is InChI=1S/C22H38N6.HI/c1-19-6-8-21(9-7-19)28-15-10-20(18-28)25-22(23-2)24-11-4-13-27-14-5-12-26(3)16-17-27;/h6-9,20H,4-5,10-18H2,1-3H3,(H2,23,24,25);1H. The number of benzene rings is 1. The molecule has 1 unspecified atom stereocenters. The van der Waals surface area contributed by atoms with Crippen LogP contribution in [0.25, 0.3) is 0 Å². The number of anilines is 1. The second-order valence-electron chi connectivity index (χ2n) is 8.26. The number of likely N-dealkylation sites (N-methyl/N-ethyl adjacent to an activating group) is 1. The van der Waals surface area contributed by atoms with Gasteiger partial charge in [0.2, 0.25) is 0 Å². The van der Waals surface area contributed by atoms with E-state index in [0.717, 1.165) is 38.4 Å². The molecule has 0 aromatic heterocycles. The Morgan fingerprint density at radius 3 is 2.66 bits per heavy atom. The van der Waals surface area contributed by atoms with E-state index in [0.29, 0.717) is 6.04 Å². The Balaban J connectivity index is 0.00000300. The quantitative estimate of drug-likeness (QED) is 0.264. The van der Waals surface area contributed by atoms with E-state index in [1.165, 1.54) is 50.4 Å². The molecule has 2 fully saturated rings. The Morgan fingerprint density at radius 1 is 1.10 bits per heavy atom. The van der Waals surface area contributed by atoms with Crippen molar-refractivity contribution < 1.29 is 0 Å². The average Bonchev–Trinajstić information content (AvgIpc) is 3.06. The van der Waals surface area contributed by atoms with Crippen molar-refractivity contribution in [1.82, 2.24) is 20.4 Å². The van der Waals surface area contributed by atoms with Crippen LogP contribution in [0.1, 0.15) is 24.8 Å². The summed E-state index contributed by atoms with van der Waals surface area (Å²) in [5.41, 5.74) is 2.63. The van der Waals surface area contributed by atoms with Gasteiger partial charge in [0.25, 0.3) is 0 Å². The summed E-state index contributed by atoms with van der Waals surface area (Å²) in [6.45, 7) is 11.3. The third kappa shape index (κ3) is 7.94. The molecule has 1 atom stereocenters. The summed E-state index contributed by atoms with van der Waals surface area (Å²) < 4.78 is 0. The van der Waals surface area contributed by atoms with Crippen molar-refractivity contribution >= 4 is 35.6 Å². The highest BCUT2D eigenvalue weighted by Crippen LogP contribution is 2.20. The lowest BCUT2D eigenvalue weighted by Gasteiger charge is -2.22. The minimum atomic E-state index is 0. The minimum absolute atomic E-state index is 0. The van der Waals surface area contributed by atoms with Gasteiger partial charge in [-0.3, -0.25) is 4.99 Å². The van der Waals surface area contributed by atoms with E-state index in [2.05, 4.69) is 68.6 Å². The van der Waals surface area contributed by atoms with E-state index in [1.54, 1.807) is 0 Å². The molecule has 3 rings (SSSR count). The number of aryl methyl sites for hydroxylation is 1. The Hall–Kier alpha value is -1.06. The van der Waals surface area contributed by atoms with Gasteiger partial charge in [0, 0.05) is 51.5 Å². The molecular weight excluding hydrogens is 475 g/mol. The van der Waals surface area contributed by atoms with E-state index in [-0.39, 0.29) is 24.0 Å². The minimum Gasteiger partial charge on any atom is -0.369 e. The Bertz CT molecular complexity index is 620. The monoisotopic (exact) mass is 514 g/mol. The molecule has 2 N–H and O–H groups in total. The highest BCUT2D eigenvalue weighted by atomic mass is 127. The molecule has 2 aliphatic rings. The Labute approximate surface area is 194 Å². The topological polar surface area (TPSA) is 46.1 Å². The van der Waals surface area contributed by atoms with E-state index in [9.17, 15) is 0 Å². The third-order valence-corrected chi connectivity index (χ3v) is 5.91. The van der Waals surface area contributed by atoms with Gasteiger partial charge in [-0.2, -0.15) is 0 Å². The molecule has 2 heterocycles. The van der Waals surface area contributed by atoms with Gasteiger partial charge in [-0.15, -0.1) is 24.0 Å². The molecule has 7 heteroatoms. The molecule has 0 bridgehead atoms. The molecule has 0 aliphatic carbocycles. The number of halogens is 1. The van der Waals surface area contributed by atoms with Crippen LogP contribution < -0.4 is 15.5 Å². The van der Waals surface area contributed by atoms with Gasteiger partial charge in [-0.25, -0.2) is 0 Å². The van der Waals surface area contributed by atoms with Crippen LogP contribution in [0.4, 0.5) is 5.69 Å². The van der Waals surface area contributed by atoms with Crippen LogP contribution in [-0.2, 0) is 0 Å². The fourth-order valence-electron chi connectivity index (χ4n) is 4.09. The number of aliphatic imine (C=N–C) groups is 1. The number of guanidine groups is 1. The summed E-state index contributed by atoms with van der Waals surface area (Å²) in [7, 11) is 4.09. The molecule has 164 valence electrons. The van der Waals surface area contributed by atoms with E-state index >= 15 is 0 Å². The maximum Gasteiger partial charge on any atom is 0.191 e. The first kappa shape index (κ1) is 24.2. The van der Waals surface area contributed by atoms with Crippen molar-refractivity contribution in [2.45, 2.75) is 32.2 Å². The first-order valence-corrected chi connectivity index (χ1v) is 10.8. The number of rotatable bonds is 6. The zero-order valence-corrected chi connectivity index (χ0v) is 20.7. The van der Waals surface area contributed by atoms with Crippen LogP contribution in [0.5, 0.6) is 0 Å². The molecule has 0 amide bonds. The number of nitrogens with one attached hydrogen (secondary N) is 2. The third-order valence-electron chi connectivity index (χ3n) is 5.91. The van der Waals surface area contributed by atoms with Crippen molar-refractivity contribution in [2.24, 2.45) is 4.99 Å². The van der Waals surface area contributed by atoms with Gasteiger partial charge < -0.3 is 25.3 Å². The van der Waals surface area contributed by atoms with Gasteiger partial charge >= 0.3 is 0 Å². The van der Waals surface area contributed by atoms with E-state index < -0.39 is 0 Å². The highest BCUT2D eigenvalue weighted by molar-refractivity contribution is 14.0. The highest BCUT2D eigenvalue weighted by Gasteiger charge is 2.23. The van der Waals surface area contributed by atoms with Gasteiger partial charge in [0.05, 0.1) is 0 Å². The molecule has 0 saturated carbocycles. The average molecular weight is 515 g/mol. The Morgan fingerprint density at radius 2 is 1.90 bits per heavy atom. The predicted octanol–water partition coefficient (Wildman–Crippen LogP) is 2.38.